The molecule has 3 aliphatic heterocycles. The first-order chi connectivity index (χ1) is 21.5. The Morgan fingerprint density at radius 2 is 1.61 bits per heavy atom. The van der Waals surface area contributed by atoms with Gasteiger partial charge in [-0.15, -0.1) is 0 Å². The number of carbonyl (C=O) groups excluding carboxylic acids is 1. The van der Waals surface area contributed by atoms with Crippen molar-refractivity contribution in [3.8, 4) is 0 Å². The van der Waals surface area contributed by atoms with Crippen molar-refractivity contribution < 1.29 is 17.9 Å². The molecule has 9 heteroatoms. The number of benzene rings is 2. The first kappa shape index (κ1) is 31.1. The van der Waals surface area contributed by atoms with Gasteiger partial charge < -0.3 is 14.5 Å². The van der Waals surface area contributed by atoms with Gasteiger partial charge in [0.2, 0.25) is 15.9 Å². The average molecular weight is 619 g/mol. The maximum atomic E-state index is 13.9. The van der Waals surface area contributed by atoms with E-state index in [0.29, 0.717) is 50.4 Å². The van der Waals surface area contributed by atoms with Crippen LogP contribution in [0.1, 0.15) is 69.8 Å². The first-order valence-corrected chi connectivity index (χ1v) is 17.9. The zero-order valence-corrected chi connectivity index (χ0v) is 26.6. The van der Waals surface area contributed by atoms with E-state index in [1.54, 1.807) is 10.4 Å². The molecule has 0 aliphatic carbocycles. The molecule has 8 nitrogen and oxygen atoms in total. The predicted molar refractivity (Wildman–Crippen MR) is 173 cm³/mol. The van der Waals surface area contributed by atoms with E-state index in [1.807, 2.05) is 53.7 Å². The summed E-state index contributed by atoms with van der Waals surface area (Å²) in [6.07, 6.45) is 12.3. The van der Waals surface area contributed by atoms with Gasteiger partial charge in [0, 0.05) is 56.4 Å². The maximum absolute atomic E-state index is 13.9. The second-order valence-electron chi connectivity index (χ2n) is 12.6. The second-order valence-corrected chi connectivity index (χ2v) is 14.5. The fourth-order valence-corrected chi connectivity index (χ4v) is 9.38. The number of ether oxygens (including phenoxy) is 1. The van der Waals surface area contributed by atoms with Crippen LogP contribution in [0.25, 0.3) is 10.8 Å². The van der Waals surface area contributed by atoms with Crippen LogP contribution in [0.2, 0.25) is 0 Å². The van der Waals surface area contributed by atoms with E-state index in [-0.39, 0.29) is 11.9 Å². The van der Waals surface area contributed by atoms with Gasteiger partial charge >= 0.3 is 0 Å². The number of hydrogen-bond acceptors (Lipinski definition) is 6. The highest BCUT2D eigenvalue weighted by Gasteiger charge is 2.39. The Kier molecular flexibility index (Phi) is 9.95. The number of aromatic nitrogens is 1. The van der Waals surface area contributed by atoms with E-state index in [0.717, 1.165) is 68.1 Å². The van der Waals surface area contributed by atoms with Crippen LogP contribution >= 0.6 is 0 Å². The van der Waals surface area contributed by atoms with E-state index in [4.69, 9.17) is 4.74 Å². The number of fused-ring (bicyclic) bond motifs is 1. The van der Waals surface area contributed by atoms with Gasteiger partial charge in [-0.3, -0.25) is 9.78 Å². The molecule has 1 aromatic heterocycles. The molecule has 3 aliphatic rings. The molecule has 44 heavy (non-hydrogen) atoms. The Bertz CT molecular complexity index is 1500. The van der Waals surface area contributed by atoms with E-state index < -0.39 is 15.6 Å². The summed E-state index contributed by atoms with van der Waals surface area (Å²) in [7, 11) is -3.65. The van der Waals surface area contributed by atoms with Crippen LogP contribution in [0.4, 0.5) is 0 Å². The summed E-state index contributed by atoms with van der Waals surface area (Å²) >= 11 is 0. The lowest BCUT2D eigenvalue weighted by atomic mass is 9.84. The molecule has 1 atom stereocenters. The molecular formula is C35H46N4O4S. The third-order valence-corrected chi connectivity index (χ3v) is 12.0. The standard InChI is InChI=1S/C35H46N4O4S/c40-34(38-25-18-35(19-26-38,30-16-20-36-21-17-30)43-28-27-37-22-5-6-23-37)15-8-12-31-11-3-4-24-39(31)44(41,42)33-14-7-10-29-9-1-2-13-32(29)33/h1-2,7,9-10,13-14,16-17,20-21,31H,3-6,8,11-12,15,18-19,22-28H2. The number of amides is 1. The molecule has 0 bridgehead atoms. The molecule has 3 fully saturated rings. The third-order valence-electron chi connectivity index (χ3n) is 9.95. The van der Waals surface area contributed by atoms with E-state index in [9.17, 15) is 13.2 Å². The Morgan fingerprint density at radius 3 is 2.41 bits per heavy atom. The first-order valence-electron chi connectivity index (χ1n) is 16.5. The van der Waals surface area contributed by atoms with Crippen molar-refractivity contribution in [2.45, 2.75) is 80.7 Å². The van der Waals surface area contributed by atoms with Crippen LogP contribution in [0.5, 0.6) is 0 Å². The molecule has 0 spiro atoms. The summed E-state index contributed by atoms with van der Waals surface area (Å²) in [6, 6.07) is 17.2. The molecular weight excluding hydrogens is 572 g/mol. The van der Waals surface area contributed by atoms with E-state index in [2.05, 4.69) is 22.0 Å². The van der Waals surface area contributed by atoms with Gasteiger partial charge in [-0.05, 0) is 93.6 Å². The third kappa shape index (κ3) is 6.86. The average Bonchev–Trinajstić information content (AvgIpc) is 3.59. The summed E-state index contributed by atoms with van der Waals surface area (Å²) in [5.74, 6) is 0.157. The summed E-state index contributed by atoms with van der Waals surface area (Å²) < 4.78 is 36.2. The van der Waals surface area contributed by atoms with Gasteiger partial charge in [-0.1, -0.05) is 42.8 Å². The minimum Gasteiger partial charge on any atom is -0.369 e. The molecule has 3 saturated heterocycles. The van der Waals surface area contributed by atoms with Gasteiger partial charge in [0.05, 0.1) is 17.1 Å². The number of rotatable bonds is 11. The summed E-state index contributed by atoms with van der Waals surface area (Å²) in [4.78, 5) is 22.4. The van der Waals surface area contributed by atoms with Crippen LogP contribution in [-0.2, 0) is 25.2 Å². The minimum atomic E-state index is -3.65. The Hall–Kier alpha value is -2.85. The Morgan fingerprint density at radius 1 is 0.886 bits per heavy atom. The quantitative estimate of drug-likeness (QED) is 0.279. The van der Waals surface area contributed by atoms with Gasteiger partial charge in [0.25, 0.3) is 0 Å². The summed E-state index contributed by atoms with van der Waals surface area (Å²) in [6.45, 7) is 5.81. The van der Waals surface area contributed by atoms with Gasteiger partial charge in [0.1, 0.15) is 0 Å². The topological polar surface area (TPSA) is 83.0 Å². The van der Waals surface area contributed by atoms with Crippen LogP contribution in [0, 0.1) is 0 Å². The maximum Gasteiger partial charge on any atom is 0.243 e. The van der Waals surface area contributed by atoms with Crippen molar-refractivity contribution in [3.63, 3.8) is 0 Å². The minimum absolute atomic E-state index is 0.0785. The number of pyridine rings is 1. The van der Waals surface area contributed by atoms with E-state index >= 15 is 0 Å². The zero-order chi connectivity index (χ0) is 30.4. The second kappa shape index (κ2) is 14.1. The van der Waals surface area contributed by atoms with Crippen molar-refractivity contribution >= 4 is 26.7 Å². The molecule has 4 heterocycles. The Labute approximate surface area is 262 Å². The number of piperidine rings is 2. The van der Waals surface area contributed by atoms with Crippen LogP contribution in [-0.4, -0.2) is 85.3 Å². The lowest BCUT2D eigenvalue weighted by Crippen LogP contribution is -2.47. The van der Waals surface area contributed by atoms with Gasteiger partial charge in [0.15, 0.2) is 0 Å². The largest absolute Gasteiger partial charge is 0.369 e. The van der Waals surface area contributed by atoms with Crippen molar-refractivity contribution in [2.75, 3.05) is 45.9 Å². The van der Waals surface area contributed by atoms with Crippen molar-refractivity contribution in [3.05, 3.63) is 72.6 Å². The Balaban J connectivity index is 1.04. The van der Waals surface area contributed by atoms with Crippen molar-refractivity contribution in [1.82, 2.24) is 19.1 Å². The molecule has 1 amide bonds. The molecule has 6 rings (SSSR count). The monoisotopic (exact) mass is 618 g/mol. The molecule has 3 aromatic rings. The predicted octanol–water partition coefficient (Wildman–Crippen LogP) is 5.58. The van der Waals surface area contributed by atoms with Gasteiger partial charge in [-0.2, -0.15) is 4.31 Å². The number of sulfonamides is 1. The normalized spacial score (nSPS) is 21.5. The summed E-state index contributed by atoms with van der Waals surface area (Å²) in [5.41, 5.74) is 0.753. The number of carbonyl (C=O) groups is 1. The highest BCUT2D eigenvalue weighted by Crippen LogP contribution is 2.37. The molecule has 0 radical (unpaired) electrons. The number of nitrogens with zero attached hydrogens (tertiary/aromatic N) is 4. The fourth-order valence-electron chi connectivity index (χ4n) is 7.44. The molecule has 0 saturated carbocycles. The van der Waals surface area contributed by atoms with Crippen LogP contribution in [0.15, 0.2) is 71.9 Å². The highest BCUT2D eigenvalue weighted by molar-refractivity contribution is 7.89. The zero-order valence-electron chi connectivity index (χ0n) is 25.8. The van der Waals surface area contributed by atoms with E-state index in [1.165, 1.54) is 12.8 Å². The number of likely N-dealkylation sites (tertiary alicyclic amines) is 2. The molecule has 0 N–H and O–H groups in total. The van der Waals surface area contributed by atoms with Crippen molar-refractivity contribution in [2.24, 2.45) is 0 Å². The van der Waals surface area contributed by atoms with Crippen molar-refractivity contribution in [1.29, 1.82) is 0 Å². The van der Waals surface area contributed by atoms with Crippen LogP contribution < -0.4 is 0 Å². The van der Waals surface area contributed by atoms with Crippen LogP contribution in [0.3, 0.4) is 0 Å². The molecule has 1 unspecified atom stereocenters. The highest BCUT2D eigenvalue weighted by atomic mass is 32.2. The molecule has 2 aromatic carbocycles. The SMILES string of the molecule is O=C(CCCC1CCCCN1S(=O)(=O)c1cccc2ccccc12)N1CCC(OCCN2CCCC2)(c2ccncc2)CC1. The number of hydrogen-bond donors (Lipinski definition) is 0. The smallest absolute Gasteiger partial charge is 0.243 e. The lowest BCUT2D eigenvalue weighted by Gasteiger charge is -2.42. The lowest BCUT2D eigenvalue weighted by molar-refractivity contribution is -0.140. The van der Waals surface area contributed by atoms with Gasteiger partial charge in [-0.25, -0.2) is 8.42 Å². The fraction of sp³-hybridized carbons (Fsp3) is 0.543. The molecule has 236 valence electrons. The summed E-state index contributed by atoms with van der Waals surface area (Å²) in [5, 5.41) is 1.70.